The number of rotatable bonds is 8. The highest BCUT2D eigenvalue weighted by atomic mass is 32.2. The number of nitrogens with zero attached hydrogens (tertiary/aromatic N) is 5. The smallest absolute Gasteiger partial charge is 0.269 e. The minimum atomic E-state index is -3.84. The van der Waals surface area contributed by atoms with Crippen molar-refractivity contribution in [3.63, 3.8) is 0 Å². The van der Waals surface area contributed by atoms with Crippen molar-refractivity contribution in [1.82, 2.24) is 23.8 Å². The highest BCUT2D eigenvalue weighted by molar-refractivity contribution is 7.90. The molecule has 1 aliphatic rings. The molecule has 0 radical (unpaired) electrons. The van der Waals surface area contributed by atoms with Gasteiger partial charge in [-0.15, -0.1) is 0 Å². The van der Waals surface area contributed by atoms with E-state index in [1.807, 2.05) is 0 Å². The molecular weight excluding hydrogens is 529 g/mol. The lowest BCUT2D eigenvalue weighted by Crippen LogP contribution is -2.40. The highest BCUT2D eigenvalue weighted by Gasteiger charge is 2.29. The zero-order valence-electron chi connectivity index (χ0n) is 22.6. The summed E-state index contributed by atoms with van der Waals surface area (Å²) >= 11 is 0. The number of fused-ring (bicyclic) bond motifs is 3. The maximum Gasteiger partial charge on any atom is 0.269 e. The number of hydrogen-bond donors (Lipinski definition) is 1. The fraction of sp³-hybridized carbons (Fsp3) is 0.429. The molecule has 0 bridgehead atoms. The standard InChI is InChI=1S/C28H34N6O3SSi/c1-39(2,3)19-31-26(35)17-25-32-24-18-30-28-23(14-16-33(28)38(36,37)22-7-5-4-6-8-22)27(24)34(25)21-11-9-20(10-12-21)13-15-29/h4-8,14,16,18,20-21H,9-13,17,19H2,1-3H3,(H,31,35)/t20-,21-. The molecule has 4 aromatic rings. The third kappa shape index (κ3) is 5.49. The van der Waals surface area contributed by atoms with Crippen molar-refractivity contribution in [3.8, 4) is 6.07 Å². The van der Waals surface area contributed by atoms with Crippen LogP contribution >= 0.6 is 0 Å². The summed E-state index contributed by atoms with van der Waals surface area (Å²) < 4.78 is 30.3. The van der Waals surface area contributed by atoms with Crippen LogP contribution in [0.3, 0.4) is 0 Å². The number of hydrogen-bond acceptors (Lipinski definition) is 6. The Balaban J connectivity index is 1.60. The summed E-state index contributed by atoms with van der Waals surface area (Å²) in [6, 6.07) is 12.5. The molecule has 1 saturated carbocycles. The Morgan fingerprint density at radius 1 is 1.13 bits per heavy atom. The van der Waals surface area contributed by atoms with E-state index in [1.54, 1.807) is 48.8 Å². The molecule has 0 saturated heterocycles. The van der Waals surface area contributed by atoms with Gasteiger partial charge in [0.25, 0.3) is 10.0 Å². The fourth-order valence-corrected chi connectivity index (χ4v) is 7.47. The van der Waals surface area contributed by atoms with Gasteiger partial charge >= 0.3 is 0 Å². The molecule has 204 valence electrons. The molecule has 1 aliphatic carbocycles. The summed E-state index contributed by atoms with van der Waals surface area (Å²) in [6.45, 7) is 6.62. The zero-order valence-corrected chi connectivity index (χ0v) is 24.4. The van der Waals surface area contributed by atoms with E-state index < -0.39 is 18.1 Å². The van der Waals surface area contributed by atoms with Gasteiger partial charge in [0.1, 0.15) is 11.3 Å². The van der Waals surface area contributed by atoms with E-state index in [9.17, 15) is 13.2 Å². The first kappa shape index (κ1) is 27.1. The van der Waals surface area contributed by atoms with E-state index in [0.29, 0.717) is 40.9 Å². The van der Waals surface area contributed by atoms with Crippen molar-refractivity contribution in [2.45, 2.75) is 69.1 Å². The van der Waals surface area contributed by atoms with Gasteiger partial charge in [0.05, 0.1) is 37.2 Å². The first-order chi connectivity index (χ1) is 18.6. The van der Waals surface area contributed by atoms with Crippen LogP contribution in [0, 0.1) is 17.2 Å². The molecule has 1 fully saturated rings. The van der Waals surface area contributed by atoms with Crippen molar-refractivity contribution in [3.05, 3.63) is 54.6 Å². The van der Waals surface area contributed by atoms with Crippen LogP contribution in [0.25, 0.3) is 22.1 Å². The number of pyridine rings is 1. The van der Waals surface area contributed by atoms with E-state index in [1.165, 1.54) is 3.97 Å². The Morgan fingerprint density at radius 3 is 2.51 bits per heavy atom. The second-order valence-electron chi connectivity index (χ2n) is 11.6. The highest BCUT2D eigenvalue weighted by Crippen LogP contribution is 2.38. The first-order valence-electron chi connectivity index (χ1n) is 13.4. The Bertz CT molecular complexity index is 1660. The van der Waals surface area contributed by atoms with Crippen molar-refractivity contribution in [1.29, 1.82) is 5.26 Å². The quantitative estimate of drug-likeness (QED) is 0.308. The van der Waals surface area contributed by atoms with Gasteiger partial charge in [-0.2, -0.15) is 5.26 Å². The van der Waals surface area contributed by atoms with Gasteiger partial charge in [-0.1, -0.05) is 37.8 Å². The molecule has 11 heteroatoms. The maximum atomic E-state index is 13.5. The molecule has 0 spiro atoms. The fourth-order valence-electron chi connectivity index (χ4n) is 5.42. The summed E-state index contributed by atoms with van der Waals surface area (Å²) in [4.78, 5) is 22.5. The third-order valence-corrected chi connectivity index (χ3v) is 10.3. The maximum absolute atomic E-state index is 13.5. The summed E-state index contributed by atoms with van der Waals surface area (Å²) in [6.07, 6.45) is 8.13. The normalized spacial score (nSPS) is 18.3. The largest absolute Gasteiger partial charge is 0.359 e. The Kier molecular flexibility index (Phi) is 7.35. The van der Waals surface area contributed by atoms with Crippen LogP contribution in [-0.4, -0.2) is 47.1 Å². The number of amides is 1. The average Bonchev–Trinajstić information content (AvgIpc) is 3.50. The molecule has 9 nitrogen and oxygen atoms in total. The number of benzene rings is 1. The molecule has 5 rings (SSSR count). The molecule has 0 atom stereocenters. The van der Waals surface area contributed by atoms with E-state index in [2.05, 4.69) is 40.6 Å². The minimum Gasteiger partial charge on any atom is -0.359 e. The van der Waals surface area contributed by atoms with Crippen LogP contribution in [0.15, 0.2) is 53.7 Å². The van der Waals surface area contributed by atoms with E-state index >= 15 is 0 Å². The lowest BCUT2D eigenvalue weighted by molar-refractivity contribution is -0.120. The number of nitriles is 1. The molecule has 1 amide bonds. The molecule has 3 aromatic heterocycles. The van der Waals surface area contributed by atoms with Crippen LogP contribution < -0.4 is 5.32 Å². The minimum absolute atomic E-state index is 0.0689. The van der Waals surface area contributed by atoms with Crippen molar-refractivity contribution in [2.75, 3.05) is 6.17 Å². The lowest BCUT2D eigenvalue weighted by Gasteiger charge is -2.30. The van der Waals surface area contributed by atoms with Crippen molar-refractivity contribution < 1.29 is 13.2 Å². The average molecular weight is 563 g/mol. The SMILES string of the molecule is C[Si](C)(C)CNC(=O)Cc1nc2cnc3c(ccn3S(=O)(=O)c3ccccc3)c2n1[C@H]1CC[C@H](CC#N)CC1. The second-order valence-corrected chi connectivity index (χ2v) is 18.9. The molecule has 0 aliphatic heterocycles. The summed E-state index contributed by atoms with van der Waals surface area (Å²) in [5, 5.41) is 12.9. The molecule has 1 aromatic carbocycles. The molecule has 1 N–H and O–H groups in total. The van der Waals surface area contributed by atoms with E-state index in [-0.39, 0.29) is 23.3 Å². The Hall–Kier alpha value is -3.49. The number of aromatic nitrogens is 4. The van der Waals surface area contributed by atoms with Crippen LogP contribution in [0.5, 0.6) is 0 Å². The molecular formula is C28H34N6O3SSi. The number of carbonyl (C=O) groups excluding carboxylic acids is 1. The first-order valence-corrected chi connectivity index (χ1v) is 18.5. The summed E-state index contributed by atoms with van der Waals surface area (Å²) in [7, 11) is -5.31. The Morgan fingerprint density at radius 2 is 1.85 bits per heavy atom. The van der Waals surface area contributed by atoms with Crippen LogP contribution in [0.1, 0.15) is 44.0 Å². The third-order valence-electron chi connectivity index (χ3n) is 7.40. The van der Waals surface area contributed by atoms with Crippen LogP contribution in [-0.2, 0) is 21.2 Å². The van der Waals surface area contributed by atoms with Crippen LogP contribution in [0.2, 0.25) is 19.6 Å². The van der Waals surface area contributed by atoms with Gasteiger partial charge in [0.2, 0.25) is 5.91 Å². The number of carbonyl (C=O) groups is 1. The lowest BCUT2D eigenvalue weighted by atomic mass is 9.84. The summed E-state index contributed by atoms with van der Waals surface area (Å²) in [5.41, 5.74) is 1.78. The predicted molar refractivity (Wildman–Crippen MR) is 153 cm³/mol. The second kappa shape index (κ2) is 10.6. The number of imidazole rings is 1. The van der Waals surface area contributed by atoms with Gasteiger partial charge in [-0.3, -0.25) is 4.79 Å². The zero-order chi connectivity index (χ0) is 27.8. The van der Waals surface area contributed by atoms with Crippen molar-refractivity contribution in [2.24, 2.45) is 5.92 Å². The molecule has 0 unspecified atom stereocenters. The van der Waals surface area contributed by atoms with Gasteiger partial charge in [0, 0.05) is 30.2 Å². The Labute approximate surface area is 229 Å². The monoisotopic (exact) mass is 562 g/mol. The van der Waals surface area contributed by atoms with Crippen LogP contribution in [0.4, 0.5) is 0 Å². The van der Waals surface area contributed by atoms with E-state index in [4.69, 9.17) is 10.2 Å². The predicted octanol–water partition coefficient (Wildman–Crippen LogP) is 4.80. The summed E-state index contributed by atoms with van der Waals surface area (Å²) in [5.74, 6) is 0.971. The molecule has 39 heavy (non-hydrogen) atoms. The van der Waals surface area contributed by atoms with Gasteiger partial charge in [0.15, 0.2) is 5.65 Å². The van der Waals surface area contributed by atoms with Gasteiger partial charge < -0.3 is 9.88 Å². The van der Waals surface area contributed by atoms with E-state index in [0.717, 1.165) is 31.2 Å². The van der Waals surface area contributed by atoms with Gasteiger partial charge in [-0.05, 0) is 49.8 Å². The topological polar surface area (TPSA) is 123 Å². The van der Waals surface area contributed by atoms with Crippen molar-refractivity contribution >= 4 is 46.1 Å². The molecule has 3 heterocycles. The van der Waals surface area contributed by atoms with Gasteiger partial charge in [-0.25, -0.2) is 22.4 Å². The number of nitrogens with one attached hydrogen (secondary N) is 1.